The molecule has 2 aromatic rings. The highest BCUT2D eigenvalue weighted by molar-refractivity contribution is 14.1. The number of carbonyl (C=O) groups is 1. The lowest BCUT2D eigenvalue weighted by molar-refractivity contribution is -0.121. The Morgan fingerprint density at radius 3 is 2.41 bits per heavy atom. The van der Waals surface area contributed by atoms with Crippen LogP contribution in [0.4, 0.5) is 0 Å². The van der Waals surface area contributed by atoms with E-state index in [9.17, 15) is 4.79 Å². The minimum atomic E-state index is -0.0428. The number of benzene rings is 2. The van der Waals surface area contributed by atoms with Gasteiger partial charge >= 0.3 is 0 Å². The number of hydrogen-bond donors (Lipinski definition) is 0. The normalized spacial score (nSPS) is 15.7. The molecule has 1 saturated heterocycles. The zero-order chi connectivity index (χ0) is 19.6. The number of ether oxygens (including phenoxy) is 1. The molecule has 140 valence electrons. The molecule has 0 aromatic heterocycles. The standard InChI is InChI=1S/C19H14Br2INO2S2/c1-2-23-18(24)16(27-19(23)26)9-12-7-14(20)17(15(21)8-12)25-10-11-3-5-13(22)6-4-11/h3-9H,2,10H2,1H3/b16-9-. The lowest BCUT2D eigenvalue weighted by Crippen LogP contribution is -2.27. The van der Waals surface area contributed by atoms with Crippen molar-refractivity contribution in [3.63, 3.8) is 0 Å². The SMILES string of the molecule is CCN1C(=O)/C(=C/c2cc(Br)c(OCc3ccc(I)cc3)c(Br)c2)SC1=S. The van der Waals surface area contributed by atoms with Gasteiger partial charge in [0.15, 0.2) is 0 Å². The second-order valence-electron chi connectivity index (χ2n) is 5.65. The maximum absolute atomic E-state index is 12.4. The minimum Gasteiger partial charge on any atom is -0.487 e. The summed E-state index contributed by atoms with van der Waals surface area (Å²) in [4.78, 5) is 14.6. The zero-order valence-corrected chi connectivity index (χ0v) is 21.1. The lowest BCUT2D eigenvalue weighted by atomic mass is 10.2. The first-order valence-corrected chi connectivity index (χ1v) is 11.9. The van der Waals surface area contributed by atoms with Gasteiger partial charge in [-0.3, -0.25) is 9.69 Å². The topological polar surface area (TPSA) is 29.5 Å². The quantitative estimate of drug-likeness (QED) is 0.209. The first-order valence-electron chi connectivity index (χ1n) is 8.00. The summed E-state index contributed by atoms with van der Waals surface area (Å²) in [5, 5.41) is 0. The third-order valence-electron chi connectivity index (χ3n) is 3.80. The van der Waals surface area contributed by atoms with Crippen molar-refractivity contribution in [2.75, 3.05) is 6.54 Å². The summed E-state index contributed by atoms with van der Waals surface area (Å²) in [5.41, 5.74) is 1.99. The molecule has 2 aromatic carbocycles. The van der Waals surface area contributed by atoms with Gasteiger partial charge in [-0.25, -0.2) is 0 Å². The van der Waals surface area contributed by atoms with Gasteiger partial charge in [-0.2, -0.15) is 0 Å². The van der Waals surface area contributed by atoms with Crippen LogP contribution in [0.1, 0.15) is 18.1 Å². The Kier molecular flexibility index (Phi) is 7.40. The third kappa shape index (κ3) is 5.14. The van der Waals surface area contributed by atoms with E-state index in [2.05, 4.69) is 66.6 Å². The van der Waals surface area contributed by atoms with Gasteiger partial charge < -0.3 is 4.74 Å². The fraction of sp³-hybridized carbons (Fsp3) is 0.158. The van der Waals surface area contributed by atoms with Crippen LogP contribution in [0, 0.1) is 3.57 Å². The number of rotatable bonds is 5. The number of amides is 1. The van der Waals surface area contributed by atoms with E-state index >= 15 is 0 Å². The van der Waals surface area contributed by atoms with E-state index in [0.717, 1.165) is 25.8 Å². The van der Waals surface area contributed by atoms with E-state index in [1.807, 2.05) is 37.3 Å². The Bertz CT molecular complexity index is 909. The van der Waals surface area contributed by atoms with E-state index in [1.165, 1.54) is 15.3 Å². The average molecular weight is 639 g/mol. The van der Waals surface area contributed by atoms with Gasteiger partial charge in [0, 0.05) is 10.1 Å². The highest BCUT2D eigenvalue weighted by atomic mass is 127. The molecular weight excluding hydrogens is 625 g/mol. The molecule has 0 aliphatic carbocycles. The molecule has 1 aliphatic rings. The van der Waals surface area contributed by atoms with Crippen LogP contribution < -0.4 is 4.74 Å². The Hall–Kier alpha value is -0.420. The smallest absolute Gasteiger partial charge is 0.266 e. The molecule has 0 bridgehead atoms. The minimum absolute atomic E-state index is 0.0428. The molecule has 0 radical (unpaired) electrons. The molecule has 1 fully saturated rings. The fourth-order valence-electron chi connectivity index (χ4n) is 2.46. The fourth-order valence-corrected chi connectivity index (χ4v) is 5.66. The van der Waals surface area contributed by atoms with Crippen LogP contribution >= 0.6 is 78.4 Å². The molecule has 0 atom stereocenters. The first-order chi connectivity index (χ1) is 12.9. The molecule has 0 saturated carbocycles. The number of likely N-dealkylation sites (N-methyl/N-ethyl adjacent to an activating group) is 1. The first kappa shape index (κ1) is 21.3. The monoisotopic (exact) mass is 637 g/mol. The molecule has 8 heteroatoms. The highest BCUT2D eigenvalue weighted by Crippen LogP contribution is 2.38. The van der Waals surface area contributed by atoms with Crippen molar-refractivity contribution in [3.05, 3.63) is 64.9 Å². The number of nitrogens with zero attached hydrogens (tertiary/aromatic N) is 1. The van der Waals surface area contributed by atoms with E-state index in [1.54, 1.807) is 4.90 Å². The van der Waals surface area contributed by atoms with E-state index in [-0.39, 0.29) is 5.91 Å². The number of hydrogen-bond acceptors (Lipinski definition) is 4. The summed E-state index contributed by atoms with van der Waals surface area (Å²) in [6.45, 7) is 2.98. The summed E-state index contributed by atoms with van der Waals surface area (Å²) in [7, 11) is 0. The van der Waals surface area contributed by atoms with Gasteiger partial charge in [0.1, 0.15) is 16.7 Å². The van der Waals surface area contributed by atoms with Crippen molar-refractivity contribution < 1.29 is 9.53 Å². The zero-order valence-electron chi connectivity index (χ0n) is 14.2. The van der Waals surface area contributed by atoms with Crippen LogP contribution in [0.25, 0.3) is 6.08 Å². The lowest BCUT2D eigenvalue weighted by Gasteiger charge is -2.12. The second kappa shape index (κ2) is 9.39. The van der Waals surface area contributed by atoms with Crippen molar-refractivity contribution in [1.29, 1.82) is 0 Å². The predicted octanol–water partition coefficient (Wildman–Crippen LogP) is 6.62. The van der Waals surface area contributed by atoms with Crippen molar-refractivity contribution in [1.82, 2.24) is 4.90 Å². The molecule has 3 rings (SSSR count). The summed E-state index contributed by atoms with van der Waals surface area (Å²) in [6, 6.07) is 12.1. The summed E-state index contributed by atoms with van der Waals surface area (Å²) in [6.07, 6.45) is 1.85. The van der Waals surface area contributed by atoms with Gasteiger partial charge in [-0.1, -0.05) is 36.1 Å². The van der Waals surface area contributed by atoms with Gasteiger partial charge in [0.2, 0.25) is 0 Å². The number of carbonyl (C=O) groups excluding carboxylic acids is 1. The van der Waals surface area contributed by atoms with E-state index in [4.69, 9.17) is 17.0 Å². The van der Waals surface area contributed by atoms with Crippen molar-refractivity contribution in [2.24, 2.45) is 0 Å². The molecule has 1 amide bonds. The molecule has 0 spiro atoms. The Morgan fingerprint density at radius 1 is 1.22 bits per heavy atom. The largest absolute Gasteiger partial charge is 0.487 e. The Labute approximate surface area is 198 Å². The van der Waals surface area contributed by atoms with Crippen LogP contribution in [-0.2, 0) is 11.4 Å². The van der Waals surface area contributed by atoms with E-state index in [0.29, 0.717) is 22.4 Å². The number of thioether (sulfide) groups is 1. The summed E-state index contributed by atoms with van der Waals surface area (Å²) < 4.78 is 9.40. The van der Waals surface area contributed by atoms with Gasteiger partial charge in [0.05, 0.1) is 13.9 Å². The highest BCUT2D eigenvalue weighted by Gasteiger charge is 2.30. The average Bonchev–Trinajstić information content (AvgIpc) is 2.88. The molecule has 1 heterocycles. The molecule has 3 nitrogen and oxygen atoms in total. The Balaban J connectivity index is 1.79. The van der Waals surface area contributed by atoms with Gasteiger partial charge in [0.25, 0.3) is 5.91 Å². The molecular formula is C19H14Br2INO2S2. The van der Waals surface area contributed by atoms with Crippen molar-refractivity contribution >= 4 is 94.7 Å². The van der Waals surface area contributed by atoms with Crippen LogP contribution in [0.2, 0.25) is 0 Å². The Morgan fingerprint density at radius 2 is 1.85 bits per heavy atom. The maximum Gasteiger partial charge on any atom is 0.266 e. The van der Waals surface area contributed by atoms with Crippen molar-refractivity contribution in [2.45, 2.75) is 13.5 Å². The summed E-state index contributed by atoms with van der Waals surface area (Å²) in [5.74, 6) is 0.686. The molecule has 0 unspecified atom stereocenters. The maximum atomic E-state index is 12.4. The van der Waals surface area contributed by atoms with Crippen LogP contribution in [-0.4, -0.2) is 21.7 Å². The summed E-state index contributed by atoms with van der Waals surface area (Å²) >= 11 is 16.0. The molecule has 0 N–H and O–H groups in total. The van der Waals surface area contributed by atoms with Crippen LogP contribution in [0.5, 0.6) is 5.75 Å². The van der Waals surface area contributed by atoms with E-state index < -0.39 is 0 Å². The molecule has 27 heavy (non-hydrogen) atoms. The van der Waals surface area contributed by atoms with Crippen LogP contribution in [0.3, 0.4) is 0 Å². The van der Waals surface area contributed by atoms with Crippen molar-refractivity contribution in [3.8, 4) is 5.75 Å². The number of halogens is 3. The molecule has 1 aliphatic heterocycles. The number of thiocarbonyl (C=S) groups is 1. The third-order valence-corrected chi connectivity index (χ3v) is 7.08. The second-order valence-corrected chi connectivity index (χ2v) is 10.3. The predicted molar refractivity (Wildman–Crippen MR) is 131 cm³/mol. The van der Waals surface area contributed by atoms with Crippen LogP contribution in [0.15, 0.2) is 50.2 Å². The van der Waals surface area contributed by atoms with Gasteiger partial charge in [-0.15, -0.1) is 0 Å². The van der Waals surface area contributed by atoms with Gasteiger partial charge in [-0.05, 0) is 103 Å².